The molecule has 0 aliphatic rings. The van der Waals surface area contributed by atoms with Gasteiger partial charge >= 0.3 is 0 Å². The van der Waals surface area contributed by atoms with Crippen molar-refractivity contribution in [3.63, 3.8) is 0 Å². The summed E-state index contributed by atoms with van der Waals surface area (Å²) >= 11 is 2.59. The lowest BCUT2D eigenvalue weighted by atomic mass is 10.1. The van der Waals surface area contributed by atoms with E-state index in [9.17, 15) is 13.2 Å². The van der Waals surface area contributed by atoms with Gasteiger partial charge in [-0.15, -0.1) is 11.3 Å². The molecule has 0 unspecified atom stereocenters. The standard InChI is InChI=1S/C22H19N3O3S3/c1-15-21(17-6-3-2-4-7-17)30-22(23-15)24-19(26)14-16-9-11-18(12-10-16)25-31(27,28)20-8-5-13-29-20/h2-13,25H,14H2,1H3,(H,23,24,26). The van der Waals surface area contributed by atoms with E-state index in [1.54, 1.807) is 41.8 Å². The number of aryl methyl sites for hydroxylation is 1. The van der Waals surface area contributed by atoms with Crippen molar-refractivity contribution >= 4 is 49.4 Å². The summed E-state index contributed by atoms with van der Waals surface area (Å²) in [5, 5.41) is 5.12. The van der Waals surface area contributed by atoms with Crippen LogP contribution in [0.2, 0.25) is 0 Å². The number of nitrogens with one attached hydrogen (secondary N) is 2. The smallest absolute Gasteiger partial charge is 0.271 e. The van der Waals surface area contributed by atoms with Crippen molar-refractivity contribution < 1.29 is 13.2 Å². The monoisotopic (exact) mass is 469 g/mol. The van der Waals surface area contributed by atoms with Crippen molar-refractivity contribution in [1.82, 2.24) is 4.98 Å². The van der Waals surface area contributed by atoms with Gasteiger partial charge in [-0.05, 0) is 41.6 Å². The summed E-state index contributed by atoms with van der Waals surface area (Å²) in [4.78, 5) is 17.9. The molecular formula is C22H19N3O3S3. The molecule has 9 heteroatoms. The second-order valence-electron chi connectivity index (χ2n) is 6.76. The van der Waals surface area contributed by atoms with Gasteiger partial charge in [0.1, 0.15) is 4.21 Å². The average Bonchev–Trinajstić information content (AvgIpc) is 3.40. The summed E-state index contributed by atoms with van der Waals surface area (Å²) in [5.41, 5.74) is 3.15. The van der Waals surface area contributed by atoms with Crippen molar-refractivity contribution in [3.05, 3.63) is 83.4 Å². The lowest BCUT2D eigenvalue weighted by Gasteiger charge is -2.07. The molecule has 2 heterocycles. The Hall–Kier alpha value is -3.01. The number of carbonyl (C=O) groups is 1. The van der Waals surface area contributed by atoms with Crippen molar-refractivity contribution in [3.8, 4) is 10.4 Å². The molecule has 4 rings (SSSR count). The minimum absolute atomic E-state index is 0.164. The van der Waals surface area contributed by atoms with Crippen LogP contribution in [0, 0.1) is 6.92 Å². The quantitative estimate of drug-likeness (QED) is 0.391. The number of aromatic nitrogens is 1. The van der Waals surface area contributed by atoms with E-state index in [0.29, 0.717) is 10.8 Å². The zero-order valence-electron chi connectivity index (χ0n) is 16.5. The zero-order chi connectivity index (χ0) is 21.8. The van der Waals surface area contributed by atoms with Gasteiger partial charge in [-0.3, -0.25) is 9.52 Å². The SMILES string of the molecule is Cc1nc(NC(=O)Cc2ccc(NS(=O)(=O)c3cccs3)cc2)sc1-c1ccccc1. The van der Waals surface area contributed by atoms with E-state index < -0.39 is 10.0 Å². The Morgan fingerprint density at radius 2 is 1.74 bits per heavy atom. The van der Waals surface area contributed by atoms with E-state index in [-0.39, 0.29) is 16.5 Å². The minimum Gasteiger partial charge on any atom is -0.302 e. The number of amides is 1. The summed E-state index contributed by atoms with van der Waals surface area (Å²) in [6.07, 6.45) is 0.164. The number of rotatable bonds is 7. The van der Waals surface area contributed by atoms with Crippen LogP contribution in [0.3, 0.4) is 0 Å². The van der Waals surface area contributed by atoms with Crippen molar-refractivity contribution in [2.75, 3.05) is 10.0 Å². The molecule has 0 bridgehead atoms. The van der Waals surface area contributed by atoms with Gasteiger partial charge < -0.3 is 5.32 Å². The van der Waals surface area contributed by atoms with Crippen LogP contribution >= 0.6 is 22.7 Å². The van der Waals surface area contributed by atoms with Gasteiger partial charge in [0.25, 0.3) is 10.0 Å². The first kappa shape index (κ1) is 21.2. The van der Waals surface area contributed by atoms with Gasteiger partial charge in [0, 0.05) is 5.69 Å². The second kappa shape index (κ2) is 9.01. The fourth-order valence-electron chi connectivity index (χ4n) is 2.97. The maximum absolute atomic E-state index is 12.5. The highest BCUT2D eigenvalue weighted by molar-refractivity contribution is 7.94. The number of carbonyl (C=O) groups excluding carboxylic acids is 1. The molecule has 2 aromatic carbocycles. The molecule has 0 aliphatic heterocycles. The topological polar surface area (TPSA) is 88.2 Å². The van der Waals surface area contributed by atoms with Crippen LogP contribution in [0.15, 0.2) is 76.3 Å². The summed E-state index contributed by atoms with van der Waals surface area (Å²) < 4.78 is 27.4. The Morgan fingerprint density at radius 1 is 1.00 bits per heavy atom. The molecule has 6 nitrogen and oxygen atoms in total. The molecule has 1 amide bonds. The Balaban J connectivity index is 1.38. The highest BCUT2D eigenvalue weighted by Crippen LogP contribution is 2.32. The minimum atomic E-state index is -3.59. The third-order valence-corrected chi connectivity index (χ3v) is 8.31. The van der Waals surface area contributed by atoms with Gasteiger partial charge in [0.05, 0.1) is 17.0 Å². The summed E-state index contributed by atoms with van der Waals surface area (Å²) in [6.45, 7) is 1.92. The lowest BCUT2D eigenvalue weighted by molar-refractivity contribution is -0.115. The third kappa shape index (κ3) is 5.19. The van der Waals surface area contributed by atoms with Crippen molar-refractivity contribution in [1.29, 1.82) is 0 Å². The predicted molar refractivity (Wildman–Crippen MR) is 126 cm³/mol. The molecule has 31 heavy (non-hydrogen) atoms. The fourth-order valence-corrected chi connectivity index (χ4v) is 6.01. The molecule has 0 saturated heterocycles. The zero-order valence-corrected chi connectivity index (χ0v) is 19.0. The van der Waals surface area contributed by atoms with Crippen molar-refractivity contribution in [2.45, 2.75) is 17.6 Å². The van der Waals surface area contributed by atoms with Crippen LogP contribution in [-0.4, -0.2) is 19.3 Å². The summed E-state index contributed by atoms with van der Waals surface area (Å²) in [5.74, 6) is -0.180. The fraction of sp³-hybridized carbons (Fsp3) is 0.0909. The molecule has 0 aliphatic carbocycles. The van der Waals surface area contributed by atoms with E-state index in [1.165, 1.54) is 11.3 Å². The van der Waals surface area contributed by atoms with Crippen molar-refractivity contribution in [2.24, 2.45) is 0 Å². The molecule has 4 aromatic rings. The molecule has 2 aromatic heterocycles. The second-order valence-corrected chi connectivity index (χ2v) is 10.6. The molecule has 0 atom stereocenters. The molecule has 0 spiro atoms. The molecule has 0 radical (unpaired) electrons. The van der Waals surface area contributed by atoms with E-state index >= 15 is 0 Å². The van der Waals surface area contributed by atoms with Crippen LogP contribution in [0.5, 0.6) is 0 Å². The number of thiazole rings is 1. The maximum atomic E-state index is 12.5. The molecular weight excluding hydrogens is 450 g/mol. The number of hydrogen-bond donors (Lipinski definition) is 2. The van der Waals surface area contributed by atoms with E-state index in [4.69, 9.17) is 0 Å². The molecule has 2 N–H and O–H groups in total. The first-order valence-electron chi connectivity index (χ1n) is 9.39. The Kier molecular flexibility index (Phi) is 6.17. The van der Waals surface area contributed by atoms with Crippen LogP contribution < -0.4 is 10.0 Å². The normalized spacial score (nSPS) is 11.3. The van der Waals surface area contributed by atoms with Gasteiger partial charge in [-0.25, -0.2) is 13.4 Å². The van der Waals surface area contributed by atoms with Crippen LogP contribution in [0.1, 0.15) is 11.3 Å². The number of hydrogen-bond acceptors (Lipinski definition) is 6. The largest absolute Gasteiger partial charge is 0.302 e. The van der Waals surface area contributed by atoms with E-state index in [1.807, 2.05) is 37.3 Å². The molecule has 0 fully saturated rings. The first-order valence-corrected chi connectivity index (χ1v) is 12.6. The number of thiophene rings is 1. The first-order chi connectivity index (χ1) is 14.9. The lowest BCUT2D eigenvalue weighted by Crippen LogP contribution is -2.14. The van der Waals surface area contributed by atoms with Gasteiger partial charge in [0.15, 0.2) is 5.13 Å². The maximum Gasteiger partial charge on any atom is 0.271 e. The van der Waals surface area contributed by atoms with E-state index in [0.717, 1.165) is 33.0 Å². The van der Waals surface area contributed by atoms with Gasteiger partial charge in [-0.1, -0.05) is 59.9 Å². The van der Waals surface area contributed by atoms with Crippen LogP contribution in [-0.2, 0) is 21.2 Å². The molecule has 0 saturated carbocycles. The Bertz CT molecular complexity index is 1280. The predicted octanol–water partition coefficient (Wildman–Crippen LogP) is 5.16. The number of anilines is 2. The number of benzene rings is 2. The average molecular weight is 470 g/mol. The highest BCUT2D eigenvalue weighted by atomic mass is 32.2. The van der Waals surface area contributed by atoms with Gasteiger partial charge in [-0.2, -0.15) is 0 Å². The number of nitrogens with zero attached hydrogens (tertiary/aromatic N) is 1. The van der Waals surface area contributed by atoms with Crippen LogP contribution in [0.25, 0.3) is 10.4 Å². The third-order valence-electron chi connectivity index (χ3n) is 4.41. The van der Waals surface area contributed by atoms with Crippen LogP contribution in [0.4, 0.5) is 10.8 Å². The Labute approximate surface area is 188 Å². The van der Waals surface area contributed by atoms with E-state index in [2.05, 4.69) is 15.0 Å². The Morgan fingerprint density at radius 3 is 2.42 bits per heavy atom. The summed E-state index contributed by atoms with van der Waals surface area (Å²) in [6, 6.07) is 19.9. The number of sulfonamides is 1. The highest BCUT2D eigenvalue weighted by Gasteiger charge is 2.15. The summed E-state index contributed by atoms with van der Waals surface area (Å²) in [7, 11) is -3.59. The van der Waals surface area contributed by atoms with Gasteiger partial charge in [0.2, 0.25) is 5.91 Å². The molecule has 158 valence electrons.